The number of hydrogen-bond acceptors (Lipinski definition) is 4. The maximum Gasteiger partial charge on any atom is 0.262 e. The molecule has 0 atom stereocenters. The minimum Gasteiger partial charge on any atom is -0.484 e. The number of nitrogens with zero attached hydrogens (tertiary/aromatic N) is 1. The average Bonchev–Trinajstić information content (AvgIpc) is 2.67. The number of amides is 2. The lowest BCUT2D eigenvalue weighted by Gasteiger charge is -2.29. The maximum atomic E-state index is 12.2. The summed E-state index contributed by atoms with van der Waals surface area (Å²) in [6.45, 7) is 0.632. The molecule has 0 spiro atoms. The number of fused-ring (bicyclic) bond motifs is 1. The van der Waals surface area contributed by atoms with Gasteiger partial charge in [-0.25, -0.2) is 0 Å². The van der Waals surface area contributed by atoms with Crippen LogP contribution in [0.3, 0.4) is 0 Å². The van der Waals surface area contributed by atoms with Crippen LogP contribution in [0.25, 0.3) is 0 Å². The Kier molecular flexibility index (Phi) is 6.32. The molecule has 0 saturated carbocycles. The van der Waals surface area contributed by atoms with Crippen molar-refractivity contribution >= 4 is 34.8 Å². The van der Waals surface area contributed by atoms with E-state index in [1.165, 1.54) is 7.11 Å². The second-order valence-corrected chi connectivity index (χ2v) is 6.65. The van der Waals surface area contributed by atoms with E-state index in [-0.39, 0.29) is 25.0 Å². The van der Waals surface area contributed by atoms with Gasteiger partial charge < -0.3 is 19.7 Å². The quantitative estimate of drug-likeness (QED) is 0.824. The molecule has 2 aromatic rings. The van der Waals surface area contributed by atoms with Crippen molar-refractivity contribution in [2.24, 2.45) is 0 Å². The van der Waals surface area contributed by atoms with Crippen molar-refractivity contribution < 1.29 is 19.1 Å². The molecule has 1 aliphatic rings. The number of halogens is 1. The minimum absolute atomic E-state index is 0.0555. The number of ether oxygens (including phenoxy) is 2. The predicted molar refractivity (Wildman–Crippen MR) is 105 cm³/mol. The summed E-state index contributed by atoms with van der Waals surface area (Å²) in [7, 11) is 1.51. The summed E-state index contributed by atoms with van der Waals surface area (Å²) in [5.41, 5.74) is 2.58. The molecule has 0 unspecified atom stereocenters. The van der Waals surface area contributed by atoms with Gasteiger partial charge in [0.05, 0.1) is 0 Å². The second-order valence-electron chi connectivity index (χ2n) is 6.22. The number of hydrogen-bond donors (Lipinski definition) is 1. The summed E-state index contributed by atoms with van der Waals surface area (Å²) in [6, 6.07) is 12.4. The van der Waals surface area contributed by atoms with Crippen LogP contribution in [0.5, 0.6) is 5.75 Å². The van der Waals surface area contributed by atoms with Crippen molar-refractivity contribution in [3.8, 4) is 5.75 Å². The topological polar surface area (TPSA) is 67.9 Å². The fourth-order valence-corrected chi connectivity index (χ4v) is 3.14. The Morgan fingerprint density at radius 1 is 1.15 bits per heavy atom. The molecule has 1 aliphatic heterocycles. The first-order valence-electron chi connectivity index (χ1n) is 8.67. The van der Waals surface area contributed by atoms with Crippen molar-refractivity contribution in [1.29, 1.82) is 0 Å². The number of nitrogens with one attached hydrogen (secondary N) is 1. The Morgan fingerprint density at radius 3 is 2.67 bits per heavy atom. The Hall–Kier alpha value is -2.57. The number of anilines is 2. The van der Waals surface area contributed by atoms with Gasteiger partial charge in [0.15, 0.2) is 6.61 Å². The van der Waals surface area contributed by atoms with Crippen LogP contribution in [0.15, 0.2) is 42.5 Å². The fourth-order valence-electron chi connectivity index (χ4n) is 3.01. The predicted octanol–water partition coefficient (Wildman–Crippen LogP) is 3.28. The largest absolute Gasteiger partial charge is 0.484 e. The van der Waals surface area contributed by atoms with Crippen molar-refractivity contribution in [3.63, 3.8) is 0 Å². The molecule has 142 valence electrons. The van der Waals surface area contributed by atoms with Crippen molar-refractivity contribution in [2.45, 2.75) is 12.8 Å². The molecule has 0 aromatic heterocycles. The van der Waals surface area contributed by atoms with Gasteiger partial charge in [-0.2, -0.15) is 0 Å². The Balaban J connectivity index is 1.61. The summed E-state index contributed by atoms with van der Waals surface area (Å²) in [4.78, 5) is 26.0. The third kappa shape index (κ3) is 4.99. The minimum atomic E-state index is -0.256. The molecule has 0 fully saturated rings. The summed E-state index contributed by atoms with van der Waals surface area (Å²) >= 11 is 5.82. The molecule has 1 N–H and O–H groups in total. The van der Waals surface area contributed by atoms with E-state index in [4.69, 9.17) is 21.1 Å². The molecular weight excluding hydrogens is 368 g/mol. The average molecular weight is 389 g/mol. The highest BCUT2D eigenvalue weighted by Crippen LogP contribution is 2.30. The first kappa shape index (κ1) is 19.2. The molecule has 7 heteroatoms. The Labute approximate surface area is 163 Å². The number of carbonyl (C=O) groups excluding carboxylic acids is 2. The molecule has 2 amide bonds. The number of aryl methyl sites for hydroxylation is 1. The first-order valence-corrected chi connectivity index (χ1v) is 9.05. The van der Waals surface area contributed by atoms with E-state index < -0.39 is 0 Å². The third-order valence-corrected chi connectivity index (χ3v) is 4.49. The lowest BCUT2D eigenvalue weighted by Crippen LogP contribution is -2.37. The van der Waals surface area contributed by atoms with Gasteiger partial charge >= 0.3 is 0 Å². The van der Waals surface area contributed by atoms with Gasteiger partial charge in [0, 0.05) is 30.1 Å². The highest BCUT2D eigenvalue weighted by Gasteiger charge is 2.22. The zero-order valence-electron chi connectivity index (χ0n) is 15.0. The summed E-state index contributed by atoms with van der Waals surface area (Å²) in [6.07, 6.45) is 1.73. The van der Waals surface area contributed by atoms with Crippen molar-refractivity contribution in [1.82, 2.24) is 0 Å². The monoisotopic (exact) mass is 388 g/mol. The van der Waals surface area contributed by atoms with E-state index in [0.29, 0.717) is 23.0 Å². The van der Waals surface area contributed by atoms with E-state index in [1.807, 2.05) is 12.1 Å². The standard InChI is InChI=1S/C20H21ClN2O4/c1-26-13-20(25)23-10-2-3-14-11-16(6-9-18(14)23)22-19(24)12-27-17-7-4-15(21)5-8-17/h4-9,11H,2-3,10,12-13H2,1H3,(H,22,24). The van der Waals surface area contributed by atoms with Gasteiger partial charge in [-0.1, -0.05) is 11.6 Å². The van der Waals surface area contributed by atoms with Crippen LogP contribution in [0.4, 0.5) is 11.4 Å². The van der Waals surface area contributed by atoms with E-state index in [1.54, 1.807) is 35.2 Å². The zero-order chi connectivity index (χ0) is 19.2. The SMILES string of the molecule is COCC(=O)N1CCCc2cc(NC(=O)COc3ccc(Cl)cc3)ccc21. The smallest absolute Gasteiger partial charge is 0.262 e. The molecule has 0 bridgehead atoms. The zero-order valence-corrected chi connectivity index (χ0v) is 15.8. The van der Waals surface area contributed by atoms with Crippen LogP contribution < -0.4 is 15.0 Å². The van der Waals surface area contributed by atoms with Crippen LogP contribution in [0.2, 0.25) is 5.02 Å². The summed E-state index contributed by atoms with van der Waals surface area (Å²) < 4.78 is 10.4. The van der Waals surface area contributed by atoms with Crippen LogP contribution in [-0.4, -0.2) is 38.7 Å². The Bertz CT molecular complexity index is 823. The fraction of sp³-hybridized carbons (Fsp3) is 0.300. The number of methoxy groups -OCH3 is 1. The van der Waals surface area contributed by atoms with Crippen LogP contribution in [0.1, 0.15) is 12.0 Å². The van der Waals surface area contributed by atoms with Gasteiger partial charge in [0.25, 0.3) is 11.8 Å². The van der Waals surface area contributed by atoms with Crippen molar-refractivity contribution in [2.75, 3.05) is 37.1 Å². The van der Waals surface area contributed by atoms with Gasteiger partial charge in [-0.3, -0.25) is 9.59 Å². The molecular formula is C20H21ClN2O4. The van der Waals surface area contributed by atoms with E-state index in [9.17, 15) is 9.59 Å². The van der Waals surface area contributed by atoms with Crippen LogP contribution in [0, 0.1) is 0 Å². The van der Waals surface area contributed by atoms with E-state index in [2.05, 4.69) is 5.32 Å². The van der Waals surface area contributed by atoms with Crippen LogP contribution in [-0.2, 0) is 20.7 Å². The van der Waals surface area contributed by atoms with Crippen LogP contribution >= 0.6 is 11.6 Å². The molecule has 0 radical (unpaired) electrons. The number of rotatable bonds is 6. The molecule has 0 aliphatic carbocycles. The van der Waals surface area contributed by atoms with Gasteiger partial charge in [0.2, 0.25) is 0 Å². The second kappa shape index (κ2) is 8.88. The van der Waals surface area contributed by atoms with Gasteiger partial charge in [-0.05, 0) is 60.9 Å². The van der Waals surface area contributed by atoms with Crippen molar-refractivity contribution in [3.05, 3.63) is 53.1 Å². The number of benzene rings is 2. The normalized spacial score (nSPS) is 13.0. The maximum absolute atomic E-state index is 12.2. The molecule has 2 aromatic carbocycles. The summed E-state index contributed by atoms with van der Waals surface area (Å²) in [5.74, 6) is 0.256. The molecule has 1 heterocycles. The third-order valence-electron chi connectivity index (χ3n) is 4.23. The first-order chi connectivity index (χ1) is 13.1. The highest BCUT2D eigenvalue weighted by atomic mass is 35.5. The lowest BCUT2D eigenvalue weighted by molar-refractivity contribution is -0.122. The lowest BCUT2D eigenvalue weighted by atomic mass is 10.0. The summed E-state index contributed by atoms with van der Waals surface area (Å²) in [5, 5.41) is 3.43. The molecule has 3 rings (SSSR count). The highest BCUT2D eigenvalue weighted by molar-refractivity contribution is 6.30. The number of carbonyl (C=O) groups is 2. The molecule has 6 nitrogen and oxygen atoms in total. The van der Waals surface area contributed by atoms with Gasteiger partial charge in [-0.15, -0.1) is 0 Å². The van der Waals surface area contributed by atoms with E-state index >= 15 is 0 Å². The van der Waals surface area contributed by atoms with Gasteiger partial charge in [0.1, 0.15) is 12.4 Å². The Morgan fingerprint density at radius 2 is 1.93 bits per heavy atom. The molecule has 27 heavy (non-hydrogen) atoms. The van der Waals surface area contributed by atoms with E-state index in [0.717, 1.165) is 24.1 Å². The molecule has 0 saturated heterocycles.